The molecule has 0 aliphatic heterocycles. The third kappa shape index (κ3) is 5.28. The highest BCUT2D eigenvalue weighted by Crippen LogP contribution is 2.00. The van der Waals surface area contributed by atoms with E-state index >= 15 is 0 Å². The van der Waals surface area contributed by atoms with Gasteiger partial charge in [-0.3, -0.25) is 0 Å². The molecule has 0 saturated heterocycles. The fourth-order valence-electron chi connectivity index (χ4n) is 1.89. The smallest absolute Gasteiger partial charge is 0.0945 e. The van der Waals surface area contributed by atoms with Gasteiger partial charge in [0.15, 0.2) is 0 Å². The zero-order valence-corrected chi connectivity index (χ0v) is 10.5. The van der Waals surface area contributed by atoms with Gasteiger partial charge in [-0.15, -0.1) is 0 Å². The Balaban J connectivity index is 2.21. The second-order valence-electron chi connectivity index (χ2n) is 4.64. The number of aromatic nitrogens is 2. The van der Waals surface area contributed by atoms with E-state index in [-0.39, 0.29) is 0 Å². The standard InChI is InChI=1S/C12H24N4/c1-12(2)10-15(8-4-13)6-3-7-16-9-5-14-11-16/h5,9,11-12H,3-4,6-8,10,13H2,1-2H3. The Morgan fingerprint density at radius 1 is 1.38 bits per heavy atom. The first-order valence-electron chi connectivity index (χ1n) is 6.10. The Hall–Kier alpha value is -0.870. The molecule has 4 nitrogen and oxygen atoms in total. The van der Waals surface area contributed by atoms with Gasteiger partial charge in [-0.1, -0.05) is 13.8 Å². The maximum Gasteiger partial charge on any atom is 0.0945 e. The van der Waals surface area contributed by atoms with E-state index in [4.69, 9.17) is 5.73 Å². The average molecular weight is 224 g/mol. The van der Waals surface area contributed by atoms with Crippen LogP contribution in [0.2, 0.25) is 0 Å². The largest absolute Gasteiger partial charge is 0.337 e. The topological polar surface area (TPSA) is 47.1 Å². The molecule has 1 aromatic heterocycles. The van der Waals surface area contributed by atoms with Gasteiger partial charge in [0.2, 0.25) is 0 Å². The van der Waals surface area contributed by atoms with E-state index in [9.17, 15) is 0 Å². The predicted octanol–water partition coefficient (Wildman–Crippen LogP) is 1.19. The van der Waals surface area contributed by atoms with E-state index < -0.39 is 0 Å². The highest BCUT2D eigenvalue weighted by atomic mass is 15.1. The summed E-state index contributed by atoms with van der Waals surface area (Å²) in [5, 5.41) is 0. The second kappa shape index (κ2) is 7.41. The molecule has 1 rings (SSSR count). The van der Waals surface area contributed by atoms with Crippen molar-refractivity contribution >= 4 is 0 Å². The molecule has 0 bridgehead atoms. The molecule has 0 radical (unpaired) electrons. The first-order chi connectivity index (χ1) is 7.72. The Labute approximate surface area is 98.5 Å². The molecule has 0 aliphatic carbocycles. The molecule has 0 saturated carbocycles. The van der Waals surface area contributed by atoms with Crippen LogP contribution < -0.4 is 5.73 Å². The van der Waals surface area contributed by atoms with Gasteiger partial charge in [-0.05, 0) is 18.9 Å². The molecule has 4 heteroatoms. The number of rotatable bonds is 8. The molecule has 0 spiro atoms. The van der Waals surface area contributed by atoms with Crippen molar-refractivity contribution < 1.29 is 0 Å². The molecule has 0 aliphatic rings. The van der Waals surface area contributed by atoms with Crippen LogP contribution in [0.25, 0.3) is 0 Å². The number of aryl methyl sites for hydroxylation is 1. The molecular weight excluding hydrogens is 200 g/mol. The van der Waals surface area contributed by atoms with Gasteiger partial charge in [0, 0.05) is 38.6 Å². The zero-order valence-electron chi connectivity index (χ0n) is 10.5. The lowest BCUT2D eigenvalue weighted by atomic mass is 10.2. The van der Waals surface area contributed by atoms with Crippen molar-refractivity contribution in [2.24, 2.45) is 11.7 Å². The quantitative estimate of drug-likeness (QED) is 0.721. The highest BCUT2D eigenvalue weighted by molar-refractivity contribution is 4.74. The van der Waals surface area contributed by atoms with Crippen LogP contribution in [-0.4, -0.2) is 40.6 Å². The third-order valence-corrected chi connectivity index (χ3v) is 2.52. The molecule has 0 aromatic carbocycles. The molecule has 0 atom stereocenters. The number of imidazole rings is 1. The van der Waals surface area contributed by atoms with Crippen molar-refractivity contribution in [1.29, 1.82) is 0 Å². The van der Waals surface area contributed by atoms with Gasteiger partial charge >= 0.3 is 0 Å². The van der Waals surface area contributed by atoms with Gasteiger partial charge < -0.3 is 15.2 Å². The van der Waals surface area contributed by atoms with E-state index in [2.05, 4.69) is 28.3 Å². The molecule has 92 valence electrons. The van der Waals surface area contributed by atoms with Crippen LogP contribution in [0.4, 0.5) is 0 Å². The van der Waals surface area contributed by atoms with Crippen LogP contribution in [0.3, 0.4) is 0 Å². The van der Waals surface area contributed by atoms with Gasteiger partial charge in [0.1, 0.15) is 0 Å². The highest BCUT2D eigenvalue weighted by Gasteiger charge is 2.05. The van der Waals surface area contributed by atoms with E-state index in [0.29, 0.717) is 5.92 Å². The molecule has 0 unspecified atom stereocenters. The molecule has 16 heavy (non-hydrogen) atoms. The van der Waals surface area contributed by atoms with Crippen molar-refractivity contribution in [1.82, 2.24) is 14.5 Å². The molecule has 0 amide bonds. The lowest BCUT2D eigenvalue weighted by Crippen LogP contribution is -2.33. The summed E-state index contributed by atoms with van der Waals surface area (Å²) in [6.45, 7) is 9.55. The Bertz CT molecular complexity index is 256. The summed E-state index contributed by atoms with van der Waals surface area (Å²) in [5.74, 6) is 0.708. The number of hydrogen-bond donors (Lipinski definition) is 1. The van der Waals surface area contributed by atoms with Crippen molar-refractivity contribution in [3.63, 3.8) is 0 Å². The lowest BCUT2D eigenvalue weighted by Gasteiger charge is -2.23. The summed E-state index contributed by atoms with van der Waals surface area (Å²) < 4.78 is 2.12. The van der Waals surface area contributed by atoms with Crippen LogP contribution in [0, 0.1) is 5.92 Å². The Morgan fingerprint density at radius 3 is 2.75 bits per heavy atom. The van der Waals surface area contributed by atoms with Crippen LogP contribution in [-0.2, 0) is 6.54 Å². The average Bonchev–Trinajstić information content (AvgIpc) is 2.70. The van der Waals surface area contributed by atoms with Crippen LogP contribution in [0.15, 0.2) is 18.7 Å². The fourth-order valence-corrected chi connectivity index (χ4v) is 1.89. The van der Waals surface area contributed by atoms with E-state index in [1.54, 1.807) is 0 Å². The first kappa shape index (κ1) is 13.2. The molecular formula is C12H24N4. The van der Waals surface area contributed by atoms with E-state index in [1.807, 2.05) is 18.7 Å². The SMILES string of the molecule is CC(C)CN(CCN)CCCn1ccnc1. The minimum atomic E-state index is 0.708. The summed E-state index contributed by atoms with van der Waals surface area (Å²) >= 11 is 0. The Kier molecular flexibility index (Phi) is 6.11. The summed E-state index contributed by atoms with van der Waals surface area (Å²) in [4.78, 5) is 6.48. The number of nitrogens with two attached hydrogens (primary N) is 1. The zero-order chi connectivity index (χ0) is 11.8. The monoisotopic (exact) mass is 224 g/mol. The molecule has 2 N–H and O–H groups in total. The first-order valence-corrected chi connectivity index (χ1v) is 6.10. The van der Waals surface area contributed by atoms with Gasteiger partial charge in [-0.25, -0.2) is 4.98 Å². The maximum atomic E-state index is 5.61. The van der Waals surface area contributed by atoms with Gasteiger partial charge in [0.25, 0.3) is 0 Å². The summed E-state index contributed by atoms with van der Waals surface area (Å²) in [6, 6.07) is 0. The Morgan fingerprint density at radius 2 is 2.19 bits per heavy atom. The van der Waals surface area contributed by atoms with Crippen LogP contribution in [0.5, 0.6) is 0 Å². The van der Waals surface area contributed by atoms with Crippen LogP contribution >= 0.6 is 0 Å². The van der Waals surface area contributed by atoms with Crippen molar-refractivity contribution in [2.75, 3.05) is 26.2 Å². The normalized spacial score (nSPS) is 11.6. The summed E-state index contributed by atoms with van der Waals surface area (Å²) in [6.07, 6.45) is 6.86. The molecule has 0 fully saturated rings. The third-order valence-electron chi connectivity index (χ3n) is 2.52. The maximum absolute atomic E-state index is 5.61. The van der Waals surface area contributed by atoms with Gasteiger partial charge in [0.05, 0.1) is 6.33 Å². The number of hydrogen-bond acceptors (Lipinski definition) is 3. The summed E-state index contributed by atoms with van der Waals surface area (Å²) in [7, 11) is 0. The van der Waals surface area contributed by atoms with Crippen molar-refractivity contribution in [3.05, 3.63) is 18.7 Å². The fraction of sp³-hybridized carbons (Fsp3) is 0.750. The second-order valence-corrected chi connectivity index (χ2v) is 4.64. The van der Waals surface area contributed by atoms with Crippen molar-refractivity contribution in [2.45, 2.75) is 26.8 Å². The minimum absolute atomic E-state index is 0.708. The number of nitrogens with zero attached hydrogens (tertiary/aromatic N) is 3. The molecule has 1 heterocycles. The minimum Gasteiger partial charge on any atom is -0.337 e. The van der Waals surface area contributed by atoms with Gasteiger partial charge in [-0.2, -0.15) is 0 Å². The van der Waals surface area contributed by atoms with E-state index in [0.717, 1.165) is 39.1 Å². The molecule has 1 aromatic rings. The lowest BCUT2D eigenvalue weighted by molar-refractivity contribution is 0.243. The van der Waals surface area contributed by atoms with E-state index in [1.165, 1.54) is 0 Å². The summed E-state index contributed by atoms with van der Waals surface area (Å²) in [5.41, 5.74) is 5.61. The van der Waals surface area contributed by atoms with Crippen molar-refractivity contribution in [3.8, 4) is 0 Å². The predicted molar refractivity (Wildman–Crippen MR) is 67.2 cm³/mol. The van der Waals surface area contributed by atoms with Crippen LogP contribution in [0.1, 0.15) is 20.3 Å².